The lowest BCUT2D eigenvalue weighted by Crippen LogP contribution is -2.42. The molecule has 23 heavy (non-hydrogen) atoms. The lowest BCUT2D eigenvalue weighted by atomic mass is 9.98. The third kappa shape index (κ3) is 6.04. The molecule has 5 heteroatoms. The molecule has 1 N–H and O–H groups in total. The molecule has 1 heterocycles. The summed E-state index contributed by atoms with van der Waals surface area (Å²) in [4.78, 5) is 14.3. The first-order chi connectivity index (χ1) is 10.6. The lowest BCUT2D eigenvalue weighted by Gasteiger charge is -2.32. The monoisotopic (exact) mass is 340 g/mol. The van der Waals surface area contributed by atoms with E-state index in [0.29, 0.717) is 18.9 Å². The van der Waals surface area contributed by atoms with Gasteiger partial charge in [-0.15, -0.1) is 12.4 Å². The van der Waals surface area contributed by atoms with Gasteiger partial charge in [0, 0.05) is 13.1 Å². The van der Waals surface area contributed by atoms with E-state index in [0.717, 1.165) is 37.4 Å². The Morgan fingerprint density at radius 3 is 2.91 bits per heavy atom. The number of aryl methyl sites for hydroxylation is 2. The second-order valence-electron chi connectivity index (χ2n) is 6.27. The van der Waals surface area contributed by atoms with Crippen LogP contribution in [0.5, 0.6) is 5.75 Å². The fourth-order valence-corrected chi connectivity index (χ4v) is 3.02. The smallest absolute Gasteiger partial charge is 0.226 e. The molecule has 0 radical (unpaired) electrons. The highest BCUT2D eigenvalue weighted by molar-refractivity contribution is 5.85. The minimum absolute atomic E-state index is 0. The summed E-state index contributed by atoms with van der Waals surface area (Å²) >= 11 is 0. The summed E-state index contributed by atoms with van der Waals surface area (Å²) in [6.45, 7) is 7.29. The second-order valence-corrected chi connectivity index (χ2v) is 6.27. The number of carbonyl (C=O) groups excluding carboxylic acids is 1. The zero-order chi connectivity index (χ0) is 15.9. The molecule has 1 aromatic rings. The summed E-state index contributed by atoms with van der Waals surface area (Å²) in [7, 11) is 1.97. The van der Waals surface area contributed by atoms with Gasteiger partial charge >= 0.3 is 0 Å². The van der Waals surface area contributed by atoms with Gasteiger partial charge in [0.2, 0.25) is 5.91 Å². The fraction of sp³-hybridized carbons (Fsp3) is 0.611. The van der Waals surface area contributed by atoms with Crippen molar-refractivity contribution < 1.29 is 9.53 Å². The highest BCUT2D eigenvalue weighted by Crippen LogP contribution is 2.20. The number of nitrogens with one attached hydrogen (secondary N) is 1. The average Bonchev–Trinajstić information content (AvgIpc) is 2.51. The molecule has 1 aliphatic heterocycles. The molecule has 0 aromatic heterocycles. The number of ether oxygens (including phenoxy) is 1. The van der Waals surface area contributed by atoms with E-state index in [9.17, 15) is 4.79 Å². The predicted octanol–water partition coefficient (Wildman–Crippen LogP) is 2.95. The van der Waals surface area contributed by atoms with Crippen LogP contribution in [-0.4, -0.2) is 44.1 Å². The Morgan fingerprint density at radius 1 is 1.39 bits per heavy atom. The summed E-state index contributed by atoms with van der Waals surface area (Å²) < 4.78 is 5.79. The largest absolute Gasteiger partial charge is 0.493 e. The van der Waals surface area contributed by atoms with Crippen LogP contribution in [-0.2, 0) is 4.79 Å². The molecule has 1 unspecified atom stereocenters. The first-order valence-corrected chi connectivity index (χ1v) is 8.22. The van der Waals surface area contributed by atoms with E-state index in [1.54, 1.807) is 0 Å². The fourth-order valence-electron chi connectivity index (χ4n) is 3.02. The van der Waals surface area contributed by atoms with Crippen LogP contribution < -0.4 is 10.1 Å². The predicted molar refractivity (Wildman–Crippen MR) is 96.5 cm³/mol. The zero-order valence-corrected chi connectivity index (χ0v) is 15.2. The molecule has 1 saturated heterocycles. The first-order valence-electron chi connectivity index (χ1n) is 8.22. The molecule has 1 fully saturated rings. The zero-order valence-electron chi connectivity index (χ0n) is 14.4. The number of rotatable bonds is 6. The third-order valence-electron chi connectivity index (χ3n) is 4.28. The molecule has 0 bridgehead atoms. The van der Waals surface area contributed by atoms with E-state index in [1.165, 1.54) is 12.0 Å². The Kier molecular flexibility index (Phi) is 8.42. The minimum atomic E-state index is 0. The lowest BCUT2D eigenvalue weighted by molar-refractivity contribution is -0.133. The summed E-state index contributed by atoms with van der Waals surface area (Å²) in [6, 6.07) is 6.16. The van der Waals surface area contributed by atoms with Gasteiger partial charge in [-0.3, -0.25) is 4.79 Å². The van der Waals surface area contributed by atoms with Gasteiger partial charge in [-0.25, -0.2) is 0 Å². The number of hydrogen-bond donors (Lipinski definition) is 1. The highest BCUT2D eigenvalue weighted by Gasteiger charge is 2.22. The standard InChI is InChI=1S/C18H28N2O2.ClH/c1-14-6-7-15(2)17(11-14)22-10-8-18(21)20-9-4-5-16(13-20)12-19-3;/h6-7,11,16,19H,4-5,8-10,12-13H2,1-3H3;1H. The topological polar surface area (TPSA) is 41.6 Å². The van der Waals surface area contributed by atoms with Crippen molar-refractivity contribution in [2.45, 2.75) is 33.1 Å². The number of amides is 1. The van der Waals surface area contributed by atoms with Crippen molar-refractivity contribution in [3.63, 3.8) is 0 Å². The van der Waals surface area contributed by atoms with Gasteiger partial charge in [0.05, 0.1) is 13.0 Å². The molecule has 2 rings (SSSR count). The van der Waals surface area contributed by atoms with Crippen LogP contribution in [0.25, 0.3) is 0 Å². The van der Waals surface area contributed by atoms with Crippen molar-refractivity contribution in [1.29, 1.82) is 0 Å². The van der Waals surface area contributed by atoms with E-state index in [4.69, 9.17) is 4.74 Å². The molecule has 0 aliphatic carbocycles. The van der Waals surface area contributed by atoms with Crippen molar-refractivity contribution in [2.24, 2.45) is 5.92 Å². The van der Waals surface area contributed by atoms with E-state index in [1.807, 2.05) is 31.9 Å². The molecule has 1 aliphatic rings. The van der Waals surface area contributed by atoms with E-state index >= 15 is 0 Å². The summed E-state index contributed by atoms with van der Waals surface area (Å²) in [6.07, 6.45) is 2.78. The van der Waals surface area contributed by atoms with Crippen molar-refractivity contribution in [3.8, 4) is 5.75 Å². The third-order valence-corrected chi connectivity index (χ3v) is 4.28. The van der Waals surface area contributed by atoms with E-state index < -0.39 is 0 Å². The maximum atomic E-state index is 12.3. The van der Waals surface area contributed by atoms with Crippen LogP contribution in [0.2, 0.25) is 0 Å². The number of nitrogens with zero attached hydrogens (tertiary/aromatic N) is 1. The normalized spacial score (nSPS) is 17.5. The maximum absolute atomic E-state index is 12.3. The van der Waals surface area contributed by atoms with Crippen molar-refractivity contribution in [3.05, 3.63) is 29.3 Å². The van der Waals surface area contributed by atoms with Gasteiger partial charge < -0.3 is 15.0 Å². The number of benzene rings is 1. The number of hydrogen-bond acceptors (Lipinski definition) is 3. The Morgan fingerprint density at radius 2 is 2.17 bits per heavy atom. The van der Waals surface area contributed by atoms with E-state index in [2.05, 4.69) is 17.4 Å². The number of halogens is 1. The number of likely N-dealkylation sites (tertiary alicyclic amines) is 1. The van der Waals surface area contributed by atoms with Gasteiger partial charge in [0.15, 0.2) is 0 Å². The molecule has 130 valence electrons. The molecular weight excluding hydrogens is 312 g/mol. The van der Waals surface area contributed by atoms with Crippen LogP contribution in [0.15, 0.2) is 18.2 Å². The van der Waals surface area contributed by atoms with Crippen LogP contribution in [0.4, 0.5) is 0 Å². The summed E-state index contributed by atoms with van der Waals surface area (Å²) in [5.41, 5.74) is 2.29. The Labute approximate surface area is 146 Å². The average molecular weight is 341 g/mol. The quantitative estimate of drug-likeness (QED) is 0.865. The Bertz CT molecular complexity index is 506. The van der Waals surface area contributed by atoms with Gasteiger partial charge in [0.1, 0.15) is 5.75 Å². The summed E-state index contributed by atoms with van der Waals surface area (Å²) in [5, 5.41) is 3.21. The summed E-state index contributed by atoms with van der Waals surface area (Å²) in [5.74, 6) is 1.69. The molecule has 1 atom stereocenters. The van der Waals surface area contributed by atoms with Crippen LogP contribution >= 0.6 is 12.4 Å². The molecule has 0 saturated carbocycles. The second kappa shape index (κ2) is 9.78. The van der Waals surface area contributed by atoms with E-state index in [-0.39, 0.29) is 18.3 Å². The van der Waals surface area contributed by atoms with Gasteiger partial charge in [-0.05, 0) is 63.4 Å². The van der Waals surface area contributed by atoms with Crippen LogP contribution in [0.3, 0.4) is 0 Å². The molecule has 4 nitrogen and oxygen atoms in total. The van der Waals surface area contributed by atoms with Gasteiger partial charge in [-0.1, -0.05) is 12.1 Å². The highest BCUT2D eigenvalue weighted by atomic mass is 35.5. The number of piperidine rings is 1. The molecule has 1 aromatic carbocycles. The minimum Gasteiger partial charge on any atom is -0.493 e. The molecule has 1 amide bonds. The van der Waals surface area contributed by atoms with Crippen molar-refractivity contribution in [1.82, 2.24) is 10.2 Å². The van der Waals surface area contributed by atoms with Gasteiger partial charge in [-0.2, -0.15) is 0 Å². The number of carbonyl (C=O) groups is 1. The Hall–Kier alpha value is -1.26. The van der Waals surface area contributed by atoms with Crippen molar-refractivity contribution >= 4 is 18.3 Å². The van der Waals surface area contributed by atoms with Crippen LogP contribution in [0.1, 0.15) is 30.4 Å². The van der Waals surface area contributed by atoms with Gasteiger partial charge in [0.25, 0.3) is 0 Å². The first kappa shape index (κ1) is 19.8. The molecule has 0 spiro atoms. The Balaban J connectivity index is 0.00000264. The molecular formula is C18H29ClN2O2. The SMILES string of the molecule is CNCC1CCCN(C(=O)CCOc2cc(C)ccc2C)C1.Cl. The van der Waals surface area contributed by atoms with Crippen molar-refractivity contribution in [2.75, 3.05) is 33.3 Å². The maximum Gasteiger partial charge on any atom is 0.226 e. The van der Waals surface area contributed by atoms with Crippen LogP contribution in [0, 0.1) is 19.8 Å².